The predicted octanol–water partition coefficient (Wildman–Crippen LogP) is 5.06. The molecule has 0 aliphatic rings. The summed E-state index contributed by atoms with van der Waals surface area (Å²) in [6, 6.07) is 0. The van der Waals surface area contributed by atoms with E-state index in [-0.39, 0.29) is 0 Å². The Labute approximate surface area is 142 Å². The lowest BCUT2D eigenvalue weighted by molar-refractivity contribution is -0.131. The van der Waals surface area contributed by atoms with Crippen LogP contribution >= 0.6 is 11.3 Å². The Morgan fingerprint density at radius 3 is 2.52 bits per heavy atom. The largest absolute Gasteiger partial charge is 0.478 e. The van der Waals surface area contributed by atoms with Gasteiger partial charge in [-0.15, -0.1) is 11.3 Å². The zero-order chi connectivity index (χ0) is 17.4. The lowest BCUT2D eigenvalue weighted by Crippen LogP contribution is -1.87. The molecule has 0 saturated carbocycles. The van der Waals surface area contributed by atoms with Crippen LogP contribution < -0.4 is 0 Å². The van der Waals surface area contributed by atoms with E-state index in [0.29, 0.717) is 12.2 Å². The maximum atomic E-state index is 10.5. The van der Waals surface area contributed by atoms with E-state index in [0.717, 1.165) is 5.57 Å². The predicted molar refractivity (Wildman–Crippen MR) is 97.8 cm³/mol. The van der Waals surface area contributed by atoms with Crippen molar-refractivity contribution in [3.8, 4) is 0 Å². The topological polar surface area (TPSA) is 46.5 Å². The van der Waals surface area contributed by atoms with Gasteiger partial charge in [-0.25, -0.2) is 4.79 Å². The Morgan fingerprint density at radius 1 is 1.22 bits per heavy atom. The first-order valence-corrected chi connectivity index (χ1v) is 8.19. The molecular formula is C19H24O3S. The lowest BCUT2D eigenvalue weighted by atomic mass is 10.1. The highest BCUT2D eigenvalue weighted by Crippen LogP contribution is 2.29. The van der Waals surface area contributed by atoms with E-state index in [4.69, 9.17) is 9.84 Å². The molecule has 1 rings (SSSR count). The van der Waals surface area contributed by atoms with Gasteiger partial charge >= 0.3 is 5.97 Å². The monoisotopic (exact) mass is 332 g/mol. The van der Waals surface area contributed by atoms with Crippen molar-refractivity contribution in [2.24, 2.45) is 0 Å². The Morgan fingerprint density at radius 2 is 1.91 bits per heavy atom. The zero-order valence-corrected chi connectivity index (χ0v) is 15.2. The normalized spacial score (nSPS) is 13.4. The number of thiophene rings is 1. The summed E-state index contributed by atoms with van der Waals surface area (Å²) in [6.45, 7) is 8.67. The van der Waals surface area contributed by atoms with Gasteiger partial charge in [-0.1, -0.05) is 36.0 Å². The van der Waals surface area contributed by atoms with E-state index in [1.807, 2.05) is 19.1 Å². The highest BCUT2D eigenvalue weighted by molar-refractivity contribution is 7.12. The maximum absolute atomic E-state index is 10.5. The molecule has 4 heteroatoms. The van der Waals surface area contributed by atoms with Crippen LogP contribution in [0.1, 0.15) is 34.7 Å². The van der Waals surface area contributed by atoms with Crippen molar-refractivity contribution in [2.75, 3.05) is 7.11 Å². The number of carboxylic acid groups (broad SMARTS) is 1. The molecule has 1 N–H and O–H groups in total. The van der Waals surface area contributed by atoms with Gasteiger partial charge in [0.2, 0.25) is 0 Å². The van der Waals surface area contributed by atoms with E-state index in [2.05, 4.69) is 26.0 Å². The number of aliphatic carboxylic acids is 1. The minimum absolute atomic E-state index is 0.651. The molecule has 0 aromatic carbocycles. The van der Waals surface area contributed by atoms with Crippen LogP contribution in [-0.4, -0.2) is 18.2 Å². The number of methoxy groups -OCH3 is 1. The van der Waals surface area contributed by atoms with Gasteiger partial charge in [-0.2, -0.15) is 0 Å². The smallest absolute Gasteiger partial charge is 0.328 e. The quantitative estimate of drug-likeness (QED) is 0.561. The van der Waals surface area contributed by atoms with Gasteiger partial charge in [0, 0.05) is 22.9 Å². The summed E-state index contributed by atoms with van der Waals surface area (Å²) in [5.41, 5.74) is 4.33. The minimum Gasteiger partial charge on any atom is -0.478 e. The van der Waals surface area contributed by atoms with E-state index in [1.54, 1.807) is 31.4 Å². The molecule has 1 aromatic rings. The van der Waals surface area contributed by atoms with Gasteiger partial charge in [0.1, 0.15) is 0 Å². The van der Waals surface area contributed by atoms with Gasteiger partial charge in [-0.3, -0.25) is 0 Å². The summed E-state index contributed by atoms with van der Waals surface area (Å²) < 4.78 is 5.22. The van der Waals surface area contributed by atoms with Gasteiger partial charge in [-0.05, 0) is 44.4 Å². The second-order valence-corrected chi connectivity index (χ2v) is 6.69. The molecule has 23 heavy (non-hydrogen) atoms. The maximum Gasteiger partial charge on any atom is 0.328 e. The van der Waals surface area contributed by atoms with Crippen molar-refractivity contribution in [3.05, 3.63) is 62.4 Å². The molecular weight excluding hydrogens is 308 g/mol. The van der Waals surface area contributed by atoms with Crippen molar-refractivity contribution >= 4 is 23.4 Å². The number of aryl methyl sites for hydroxylation is 1. The molecule has 0 saturated heterocycles. The molecule has 0 spiro atoms. The van der Waals surface area contributed by atoms with Crippen LogP contribution in [0.25, 0.3) is 6.08 Å². The molecule has 1 aromatic heterocycles. The standard InChI is InChI=1S/C19H24O3S/c1-13(7-6-8-14(2)11-19(20)21)9-10-17-15(3)18(12-22-5)23-16(17)4/h6-11H,12H2,1-5H3,(H,20,21)/b8-6+,10-9?,13-7?,14-11?. The lowest BCUT2D eigenvalue weighted by Gasteiger charge is -1.98. The molecule has 0 aliphatic heterocycles. The van der Waals surface area contributed by atoms with E-state index < -0.39 is 5.97 Å². The Kier molecular flexibility index (Phi) is 7.72. The van der Waals surface area contributed by atoms with Crippen molar-refractivity contribution < 1.29 is 14.6 Å². The average molecular weight is 332 g/mol. The molecule has 1 heterocycles. The number of hydrogen-bond acceptors (Lipinski definition) is 3. The summed E-state index contributed by atoms with van der Waals surface area (Å²) >= 11 is 1.77. The van der Waals surface area contributed by atoms with Gasteiger partial charge in [0.25, 0.3) is 0 Å². The highest BCUT2D eigenvalue weighted by atomic mass is 32.1. The fourth-order valence-electron chi connectivity index (χ4n) is 2.11. The molecule has 0 aliphatic carbocycles. The summed E-state index contributed by atoms with van der Waals surface area (Å²) in [5, 5.41) is 8.65. The Balaban J connectivity index is 2.83. The second-order valence-electron chi connectivity index (χ2n) is 5.38. The molecule has 3 nitrogen and oxygen atoms in total. The van der Waals surface area contributed by atoms with Crippen molar-refractivity contribution in [3.63, 3.8) is 0 Å². The molecule has 0 amide bonds. The molecule has 0 unspecified atom stereocenters. The third-order valence-electron chi connectivity index (χ3n) is 3.34. The summed E-state index contributed by atoms with van der Waals surface area (Å²) in [6.07, 6.45) is 11.0. The number of hydrogen-bond donors (Lipinski definition) is 1. The fraction of sp³-hybridized carbons (Fsp3) is 0.316. The number of allylic oxidation sites excluding steroid dienone is 6. The van der Waals surface area contributed by atoms with Crippen LogP contribution in [0.4, 0.5) is 0 Å². The molecule has 0 radical (unpaired) electrons. The van der Waals surface area contributed by atoms with E-state index >= 15 is 0 Å². The van der Waals surface area contributed by atoms with Crippen molar-refractivity contribution in [1.29, 1.82) is 0 Å². The number of rotatable bonds is 7. The zero-order valence-electron chi connectivity index (χ0n) is 14.3. The van der Waals surface area contributed by atoms with Crippen LogP contribution in [0.5, 0.6) is 0 Å². The Bertz CT molecular complexity index is 673. The van der Waals surface area contributed by atoms with Crippen molar-refractivity contribution in [1.82, 2.24) is 0 Å². The SMILES string of the molecule is COCc1sc(C)c(C=CC(C)=C/C=C/C(C)=CC(=O)O)c1C. The van der Waals surface area contributed by atoms with Crippen molar-refractivity contribution in [2.45, 2.75) is 34.3 Å². The number of ether oxygens (including phenoxy) is 1. The fourth-order valence-corrected chi connectivity index (χ4v) is 3.25. The summed E-state index contributed by atoms with van der Waals surface area (Å²) in [7, 11) is 1.71. The van der Waals surface area contributed by atoms with Crippen LogP contribution in [0.15, 0.2) is 41.5 Å². The van der Waals surface area contributed by atoms with E-state index in [1.165, 1.54) is 27.0 Å². The van der Waals surface area contributed by atoms with Gasteiger partial charge in [0.05, 0.1) is 6.61 Å². The molecule has 124 valence electrons. The number of carbonyl (C=O) groups is 1. The summed E-state index contributed by atoms with van der Waals surface area (Å²) in [4.78, 5) is 13.1. The van der Waals surface area contributed by atoms with Gasteiger partial charge in [0.15, 0.2) is 0 Å². The van der Waals surface area contributed by atoms with Crippen LogP contribution in [0.3, 0.4) is 0 Å². The van der Waals surface area contributed by atoms with E-state index in [9.17, 15) is 4.79 Å². The molecule has 0 bridgehead atoms. The minimum atomic E-state index is -0.928. The second kappa shape index (κ2) is 9.28. The van der Waals surface area contributed by atoms with Gasteiger partial charge < -0.3 is 9.84 Å². The van der Waals surface area contributed by atoms with Crippen LogP contribution in [-0.2, 0) is 16.1 Å². The first kappa shape index (κ1) is 19.1. The molecule has 0 atom stereocenters. The third kappa shape index (κ3) is 6.38. The van der Waals surface area contributed by atoms with Crippen LogP contribution in [0, 0.1) is 13.8 Å². The van der Waals surface area contributed by atoms with Crippen LogP contribution in [0.2, 0.25) is 0 Å². The first-order chi connectivity index (χ1) is 10.8. The summed E-state index contributed by atoms with van der Waals surface area (Å²) in [5.74, 6) is -0.928. The third-order valence-corrected chi connectivity index (χ3v) is 4.53. The first-order valence-electron chi connectivity index (χ1n) is 7.37. The Hall–Kier alpha value is -1.91. The average Bonchev–Trinajstić information content (AvgIpc) is 2.71. The number of carboxylic acids is 1. The molecule has 0 fully saturated rings. The highest BCUT2D eigenvalue weighted by Gasteiger charge is 2.09.